The summed E-state index contributed by atoms with van der Waals surface area (Å²) in [6.07, 6.45) is 3.62. The van der Waals surface area contributed by atoms with Crippen molar-refractivity contribution in [3.63, 3.8) is 0 Å². The summed E-state index contributed by atoms with van der Waals surface area (Å²) in [5.74, 6) is 0.907. The van der Waals surface area contributed by atoms with Crippen molar-refractivity contribution in [2.45, 2.75) is 6.04 Å². The van der Waals surface area contributed by atoms with Gasteiger partial charge in [0.2, 0.25) is 10.0 Å². The molecule has 2 rings (SSSR count). The molecule has 0 saturated heterocycles. The largest absolute Gasteiger partial charge is 0.336 e. The zero-order chi connectivity index (χ0) is 14.6. The van der Waals surface area contributed by atoms with Crippen LogP contribution in [0.4, 0.5) is 0 Å². The molecule has 8 heteroatoms. The van der Waals surface area contributed by atoms with Crippen molar-refractivity contribution < 1.29 is 8.42 Å². The molecule has 1 unspecified atom stereocenters. The molecule has 0 aliphatic rings. The Morgan fingerprint density at radius 1 is 1.50 bits per heavy atom. The van der Waals surface area contributed by atoms with Gasteiger partial charge in [0.25, 0.3) is 0 Å². The second kappa shape index (κ2) is 6.49. The third kappa shape index (κ3) is 3.66. The van der Waals surface area contributed by atoms with Crippen molar-refractivity contribution in [3.05, 3.63) is 40.6 Å². The lowest BCUT2D eigenvalue weighted by molar-refractivity contribution is 0.563. The first-order valence-electron chi connectivity index (χ1n) is 6.19. The Balaban J connectivity index is 2.11. The SMILES string of the molecule is CNS(=O)(=O)CCNC(c1cccs1)c1nccn1C. The summed E-state index contributed by atoms with van der Waals surface area (Å²) in [6.45, 7) is 0.360. The minimum atomic E-state index is -3.20. The molecule has 0 bridgehead atoms. The predicted octanol–water partition coefficient (Wildman–Crippen LogP) is 0.710. The fourth-order valence-corrected chi connectivity index (χ4v) is 3.26. The molecule has 0 amide bonds. The monoisotopic (exact) mass is 314 g/mol. The number of rotatable bonds is 7. The number of aryl methyl sites for hydroxylation is 1. The van der Waals surface area contributed by atoms with Crippen molar-refractivity contribution in [1.29, 1.82) is 0 Å². The van der Waals surface area contributed by atoms with Crippen LogP contribution >= 0.6 is 11.3 Å². The Bertz CT molecular complexity index is 634. The molecule has 0 radical (unpaired) electrons. The number of sulfonamides is 1. The maximum atomic E-state index is 11.5. The molecular formula is C12H18N4O2S2. The maximum Gasteiger partial charge on any atom is 0.212 e. The molecule has 2 aromatic rings. The maximum absolute atomic E-state index is 11.5. The van der Waals surface area contributed by atoms with E-state index >= 15 is 0 Å². The van der Waals surface area contributed by atoms with Gasteiger partial charge in [-0.15, -0.1) is 11.3 Å². The average molecular weight is 314 g/mol. The first-order chi connectivity index (χ1) is 9.53. The van der Waals surface area contributed by atoms with E-state index in [-0.39, 0.29) is 11.8 Å². The fraction of sp³-hybridized carbons (Fsp3) is 0.417. The van der Waals surface area contributed by atoms with Gasteiger partial charge in [0.1, 0.15) is 11.9 Å². The van der Waals surface area contributed by atoms with Gasteiger partial charge in [-0.2, -0.15) is 0 Å². The molecular weight excluding hydrogens is 296 g/mol. The highest BCUT2D eigenvalue weighted by molar-refractivity contribution is 7.89. The van der Waals surface area contributed by atoms with Gasteiger partial charge in [-0.3, -0.25) is 0 Å². The Hall–Kier alpha value is -1.22. The topological polar surface area (TPSA) is 76.0 Å². The summed E-state index contributed by atoms with van der Waals surface area (Å²) < 4.78 is 27.1. The van der Waals surface area contributed by atoms with Crippen molar-refractivity contribution in [3.8, 4) is 0 Å². The van der Waals surface area contributed by atoms with E-state index < -0.39 is 10.0 Å². The second-order valence-corrected chi connectivity index (χ2v) is 7.35. The molecule has 0 spiro atoms. The molecule has 2 aromatic heterocycles. The highest BCUT2D eigenvalue weighted by Gasteiger charge is 2.19. The van der Waals surface area contributed by atoms with Crippen LogP contribution < -0.4 is 10.0 Å². The van der Waals surface area contributed by atoms with Crippen LogP contribution in [0.15, 0.2) is 29.9 Å². The third-order valence-electron chi connectivity index (χ3n) is 2.97. The Kier molecular flexibility index (Phi) is 4.92. The molecule has 0 saturated carbocycles. The van der Waals surface area contributed by atoms with Crippen molar-refractivity contribution >= 4 is 21.4 Å². The van der Waals surface area contributed by atoms with Crippen molar-refractivity contribution in [1.82, 2.24) is 19.6 Å². The molecule has 0 fully saturated rings. The van der Waals surface area contributed by atoms with Gasteiger partial charge in [0, 0.05) is 30.9 Å². The Morgan fingerprint density at radius 3 is 2.85 bits per heavy atom. The van der Waals surface area contributed by atoms with Gasteiger partial charge in [-0.05, 0) is 18.5 Å². The molecule has 110 valence electrons. The summed E-state index contributed by atoms with van der Waals surface area (Å²) in [6, 6.07) is 3.90. The van der Waals surface area contributed by atoms with Crippen molar-refractivity contribution in [2.24, 2.45) is 7.05 Å². The lowest BCUT2D eigenvalue weighted by Crippen LogP contribution is -2.32. The van der Waals surface area contributed by atoms with Crippen LogP contribution in [0.5, 0.6) is 0 Å². The van der Waals surface area contributed by atoms with Gasteiger partial charge in [0.15, 0.2) is 0 Å². The quantitative estimate of drug-likeness (QED) is 0.789. The number of hydrogen-bond acceptors (Lipinski definition) is 5. The average Bonchev–Trinajstić information content (AvgIpc) is 3.06. The number of nitrogens with one attached hydrogen (secondary N) is 2. The Morgan fingerprint density at radius 2 is 2.30 bits per heavy atom. The van der Waals surface area contributed by atoms with Crippen LogP contribution in [-0.2, 0) is 17.1 Å². The third-order valence-corrected chi connectivity index (χ3v) is 5.28. The summed E-state index contributed by atoms with van der Waals surface area (Å²) in [5, 5.41) is 5.26. The molecule has 2 N–H and O–H groups in total. The number of nitrogens with zero attached hydrogens (tertiary/aromatic N) is 2. The van der Waals surface area contributed by atoms with Crippen LogP contribution in [0.2, 0.25) is 0 Å². The normalized spacial score (nSPS) is 13.5. The van der Waals surface area contributed by atoms with E-state index in [2.05, 4.69) is 15.0 Å². The Labute approximate surface area is 122 Å². The van der Waals surface area contributed by atoms with Crippen LogP contribution in [-0.4, -0.2) is 37.3 Å². The summed E-state index contributed by atoms with van der Waals surface area (Å²) in [5.41, 5.74) is 0. The molecule has 2 heterocycles. The highest BCUT2D eigenvalue weighted by atomic mass is 32.2. The van der Waals surface area contributed by atoms with E-state index in [1.54, 1.807) is 17.5 Å². The number of hydrogen-bond donors (Lipinski definition) is 2. The van der Waals surface area contributed by atoms with E-state index in [1.807, 2.05) is 35.3 Å². The van der Waals surface area contributed by atoms with Crippen LogP contribution in [0.25, 0.3) is 0 Å². The van der Waals surface area contributed by atoms with Gasteiger partial charge in [-0.1, -0.05) is 6.07 Å². The fourth-order valence-electron chi connectivity index (χ4n) is 1.87. The number of aromatic nitrogens is 2. The molecule has 0 aromatic carbocycles. The van der Waals surface area contributed by atoms with E-state index in [9.17, 15) is 8.42 Å². The van der Waals surface area contributed by atoms with Crippen LogP contribution in [0.3, 0.4) is 0 Å². The minimum absolute atomic E-state index is 0.0375. The van der Waals surface area contributed by atoms with Gasteiger partial charge in [0.05, 0.1) is 5.75 Å². The first-order valence-corrected chi connectivity index (χ1v) is 8.72. The molecule has 0 aliphatic carbocycles. The summed E-state index contributed by atoms with van der Waals surface area (Å²) >= 11 is 1.62. The predicted molar refractivity (Wildman–Crippen MR) is 80.2 cm³/mol. The van der Waals surface area contributed by atoms with E-state index in [4.69, 9.17) is 0 Å². The van der Waals surface area contributed by atoms with Gasteiger partial charge >= 0.3 is 0 Å². The van der Waals surface area contributed by atoms with E-state index in [0.717, 1.165) is 10.7 Å². The summed E-state index contributed by atoms with van der Waals surface area (Å²) in [7, 11) is 0.148. The lowest BCUT2D eigenvalue weighted by Gasteiger charge is -2.17. The lowest BCUT2D eigenvalue weighted by atomic mass is 10.2. The smallest absolute Gasteiger partial charge is 0.212 e. The van der Waals surface area contributed by atoms with Crippen LogP contribution in [0, 0.1) is 0 Å². The zero-order valence-electron chi connectivity index (χ0n) is 11.4. The summed E-state index contributed by atoms with van der Waals surface area (Å²) in [4.78, 5) is 5.46. The standard InChI is InChI=1S/C12H18N4O2S2/c1-13-20(17,18)9-6-14-11(10-4-3-8-19-10)12-15-5-7-16(12)2/h3-5,7-8,11,13-14H,6,9H2,1-2H3. The minimum Gasteiger partial charge on any atom is -0.336 e. The molecule has 0 aliphatic heterocycles. The van der Waals surface area contributed by atoms with E-state index in [0.29, 0.717) is 6.54 Å². The first kappa shape index (κ1) is 15.2. The number of imidazole rings is 1. The van der Waals surface area contributed by atoms with E-state index in [1.165, 1.54) is 7.05 Å². The van der Waals surface area contributed by atoms with Gasteiger partial charge < -0.3 is 9.88 Å². The van der Waals surface area contributed by atoms with Crippen molar-refractivity contribution in [2.75, 3.05) is 19.3 Å². The zero-order valence-corrected chi connectivity index (χ0v) is 13.0. The molecule has 20 heavy (non-hydrogen) atoms. The number of thiophene rings is 1. The molecule has 1 atom stereocenters. The van der Waals surface area contributed by atoms with Crippen LogP contribution in [0.1, 0.15) is 16.7 Å². The highest BCUT2D eigenvalue weighted by Crippen LogP contribution is 2.24. The second-order valence-electron chi connectivity index (χ2n) is 4.32. The van der Waals surface area contributed by atoms with Gasteiger partial charge in [-0.25, -0.2) is 18.1 Å². The molecule has 6 nitrogen and oxygen atoms in total.